The lowest BCUT2D eigenvalue weighted by atomic mass is 10.0. The van der Waals surface area contributed by atoms with Crippen molar-refractivity contribution in [3.05, 3.63) is 22.8 Å². The third kappa shape index (κ3) is 3.93. The van der Waals surface area contributed by atoms with Crippen molar-refractivity contribution in [2.75, 3.05) is 30.8 Å². The van der Waals surface area contributed by atoms with Gasteiger partial charge in [-0.25, -0.2) is 18.7 Å². The van der Waals surface area contributed by atoms with Crippen molar-refractivity contribution >= 4 is 22.5 Å². The summed E-state index contributed by atoms with van der Waals surface area (Å²) in [6.45, 7) is 5.72. The molecule has 5 rings (SSSR count). The largest absolute Gasteiger partial charge is 0.472 e. The Labute approximate surface area is 208 Å². The van der Waals surface area contributed by atoms with Gasteiger partial charge in [0.2, 0.25) is 5.88 Å². The number of hydrogen-bond donors (Lipinski definition) is 2. The first-order valence-corrected chi connectivity index (χ1v) is 11.6. The predicted octanol–water partition coefficient (Wildman–Crippen LogP) is 3.62. The van der Waals surface area contributed by atoms with Crippen molar-refractivity contribution in [1.82, 2.24) is 25.3 Å². The van der Waals surface area contributed by atoms with Crippen LogP contribution in [-0.4, -0.2) is 58.3 Å². The highest BCUT2D eigenvalue weighted by atomic mass is 19.4. The Kier molecular flexibility index (Phi) is 5.96. The number of nitrogen functional groups attached to an aromatic ring is 1. The number of rotatable bonds is 3. The fourth-order valence-electron chi connectivity index (χ4n) is 4.89. The highest BCUT2D eigenvalue weighted by molar-refractivity contribution is 5.97. The Morgan fingerprint density at radius 3 is 2.51 bits per heavy atom. The van der Waals surface area contributed by atoms with Crippen molar-refractivity contribution in [1.29, 1.82) is 0 Å². The van der Waals surface area contributed by atoms with Crippen molar-refractivity contribution in [2.24, 2.45) is 0 Å². The van der Waals surface area contributed by atoms with E-state index in [1.807, 2.05) is 11.8 Å². The number of alkyl halides is 3. The monoisotopic (exact) mass is 525 g/mol. The van der Waals surface area contributed by atoms with E-state index in [2.05, 4.69) is 25.3 Å². The smallest absolute Gasteiger partial charge is 0.418 e. The molecule has 3 aromatic rings. The number of nitrogens with one attached hydrogen (secondary N) is 1. The highest BCUT2D eigenvalue weighted by Crippen LogP contribution is 2.45. The molecular formula is C23H24F5N7O2. The number of ether oxygens (including phenoxy) is 2. The van der Waals surface area contributed by atoms with Gasteiger partial charge in [-0.2, -0.15) is 23.1 Å². The SMILES string of the molecule is CC[C@@H]1CN2c3nc(OC)nc4c(F)c(-c5nc(N)c(F)c(C)c5C(F)(F)F)nc(c34)O[C@@H](C)[C@@H]2CN1. The van der Waals surface area contributed by atoms with E-state index < -0.39 is 52.2 Å². The Morgan fingerprint density at radius 1 is 1.14 bits per heavy atom. The van der Waals surface area contributed by atoms with Crippen LogP contribution >= 0.6 is 0 Å². The van der Waals surface area contributed by atoms with E-state index in [1.165, 1.54) is 7.11 Å². The molecule has 5 heterocycles. The first-order valence-electron chi connectivity index (χ1n) is 11.6. The van der Waals surface area contributed by atoms with Gasteiger partial charge >= 0.3 is 12.2 Å². The number of nitrogens with two attached hydrogens (primary N) is 1. The quantitative estimate of drug-likeness (QED) is 0.496. The molecule has 2 aliphatic heterocycles. The second kappa shape index (κ2) is 8.78. The van der Waals surface area contributed by atoms with Crippen LogP contribution in [0.1, 0.15) is 31.4 Å². The van der Waals surface area contributed by atoms with Crippen LogP contribution in [0.4, 0.5) is 33.6 Å². The zero-order valence-corrected chi connectivity index (χ0v) is 20.4. The number of anilines is 2. The van der Waals surface area contributed by atoms with E-state index in [1.54, 1.807) is 6.92 Å². The van der Waals surface area contributed by atoms with Gasteiger partial charge in [-0.3, -0.25) is 0 Å². The number of fused-ring (bicyclic) bond motifs is 2. The van der Waals surface area contributed by atoms with Crippen molar-refractivity contribution < 1.29 is 31.4 Å². The van der Waals surface area contributed by atoms with Crippen LogP contribution in [0.25, 0.3) is 22.3 Å². The number of hydrogen-bond acceptors (Lipinski definition) is 9. The molecule has 3 atom stereocenters. The minimum Gasteiger partial charge on any atom is -0.472 e. The average Bonchev–Trinajstić information content (AvgIpc) is 2.97. The van der Waals surface area contributed by atoms with Crippen LogP contribution in [0.5, 0.6) is 11.9 Å². The van der Waals surface area contributed by atoms with E-state index in [0.717, 1.165) is 13.3 Å². The van der Waals surface area contributed by atoms with Crippen LogP contribution in [0.2, 0.25) is 0 Å². The summed E-state index contributed by atoms with van der Waals surface area (Å²) in [4.78, 5) is 18.2. The molecule has 0 aliphatic carbocycles. The third-order valence-electron chi connectivity index (χ3n) is 6.84. The van der Waals surface area contributed by atoms with Gasteiger partial charge in [-0.05, 0) is 20.3 Å². The molecule has 0 spiro atoms. The summed E-state index contributed by atoms with van der Waals surface area (Å²) in [7, 11) is 1.29. The summed E-state index contributed by atoms with van der Waals surface area (Å²) in [6, 6.07) is -0.330. The van der Waals surface area contributed by atoms with Gasteiger partial charge < -0.3 is 25.4 Å². The standard InChI is InChI=1S/C23H24F5N7O2/c1-5-10-7-35-11(6-30-10)9(3)37-21-12-16(33-22(36-4)34-20(12)35)15(25)18(32-21)17-13(23(26,27)28)8(2)14(24)19(29)31-17/h9-11,30H,5-7H2,1-4H3,(H2,29,31)/t9-,10+,11-/m0/s1. The number of methoxy groups -OCH3 is 1. The van der Waals surface area contributed by atoms with Gasteiger partial charge in [-0.15, -0.1) is 0 Å². The molecule has 2 aliphatic rings. The highest BCUT2D eigenvalue weighted by Gasteiger charge is 2.42. The van der Waals surface area contributed by atoms with Crippen molar-refractivity contribution in [3.8, 4) is 23.3 Å². The molecule has 3 aromatic heterocycles. The second-order valence-corrected chi connectivity index (χ2v) is 9.05. The van der Waals surface area contributed by atoms with Crippen LogP contribution < -0.4 is 25.4 Å². The Bertz CT molecular complexity index is 1400. The molecular weight excluding hydrogens is 501 g/mol. The minimum atomic E-state index is -5.08. The summed E-state index contributed by atoms with van der Waals surface area (Å²) >= 11 is 0. The normalized spacial score (nSPS) is 21.4. The topological polar surface area (TPSA) is 111 Å². The molecule has 1 saturated heterocycles. The number of pyridine rings is 2. The fourth-order valence-corrected chi connectivity index (χ4v) is 4.89. The fraction of sp³-hybridized carbons (Fsp3) is 0.478. The van der Waals surface area contributed by atoms with Crippen LogP contribution in [0.15, 0.2) is 0 Å². The summed E-state index contributed by atoms with van der Waals surface area (Å²) in [5.41, 5.74) is 1.06. The number of aromatic nitrogens is 4. The molecule has 3 N–H and O–H groups in total. The predicted molar refractivity (Wildman–Crippen MR) is 124 cm³/mol. The molecule has 198 valence electrons. The second-order valence-electron chi connectivity index (χ2n) is 9.05. The van der Waals surface area contributed by atoms with Gasteiger partial charge in [0.05, 0.1) is 18.7 Å². The van der Waals surface area contributed by atoms with Gasteiger partial charge in [0, 0.05) is 24.7 Å². The Hall–Kier alpha value is -3.55. The lowest BCUT2D eigenvalue weighted by Crippen LogP contribution is -2.60. The maximum atomic E-state index is 16.1. The average molecular weight is 525 g/mol. The number of nitrogens with zero attached hydrogens (tertiary/aromatic N) is 5. The van der Waals surface area contributed by atoms with E-state index in [9.17, 15) is 17.6 Å². The zero-order chi connectivity index (χ0) is 26.8. The summed E-state index contributed by atoms with van der Waals surface area (Å²) < 4.78 is 83.8. The van der Waals surface area contributed by atoms with Gasteiger partial charge in [0.15, 0.2) is 17.5 Å². The van der Waals surface area contributed by atoms with Crippen LogP contribution in [-0.2, 0) is 6.18 Å². The molecule has 0 bridgehead atoms. The van der Waals surface area contributed by atoms with E-state index in [0.29, 0.717) is 18.9 Å². The first kappa shape index (κ1) is 25.1. The third-order valence-corrected chi connectivity index (χ3v) is 6.84. The van der Waals surface area contributed by atoms with Crippen LogP contribution in [0.3, 0.4) is 0 Å². The minimum absolute atomic E-state index is 0.0912. The lowest BCUT2D eigenvalue weighted by Gasteiger charge is -2.41. The summed E-state index contributed by atoms with van der Waals surface area (Å²) in [6.07, 6.45) is -4.78. The zero-order valence-electron chi connectivity index (χ0n) is 20.4. The molecule has 37 heavy (non-hydrogen) atoms. The molecule has 9 nitrogen and oxygen atoms in total. The summed E-state index contributed by atoms with van der Waals surface area (Å²) in [5, 5.41) is 3.52. The molecule has 14 heteroatoms. The maximum Gasteiger partial charge on any atom is 0.418 e. The Morgan fingerprint density at radius 2 is 1.86 bits per heavy atom. The van der Waals surface area contributed by atoms with Gasteiger partial charge in [0.25, 0.3) is 0 Å². The summed E-state index contributed by atoms with van der Waals surface area (Å²) in [5.74, 6) is -3.27. The maximum absolute atomic E-state index is 16.1. The number of halogens is 5. The molecule has 0 amide bonds. The molecule has 0 unspecified atom stereocenters. The van der Waals surface area contributed by atoms with E-state index in [4.69, 9.17) is 15.2 Å². The van der Waals surface area contributed by atoms with Crippen LogP contribution in [0, 0.1) is 18.6 Å². The van der Waals surface area contributed by atoms with Crippen molar-refractivity contribution in [2.45, 2.75) is 51.6 Å². The Balaban J connectivity index is 1.85. The van der Waals surface area contributed by atoms with E-state index >= 15 is 4.39 Å². The lowest BCUT2D eigenvalue weighted by molar-refractivity contribution is -0.137. The molecule has 0 aromatic carbocycles. The first-order chi connectivity index (χ1) is 17.5. The molecule has 0 radical (unpaired) electrons. The van der Waals surface area contributed by atoms with E-state index in [-0.39, 0.29) is 34.9 Å². The molecule has 1 fully saturated rings. The van der Waals surface area contributed by atoms with Crippen molar-refractivity contribution in [3.63, 3.8) is 0 Å². The molecule has 0 saturated carbocycles. The number of piperazine rings is 1. The van der Waals surface area contributed by atoms with Gasteiger partial charge in [-0.1, -0.05) is 6.92 Å². The van der Waals surface area contributed by atoms with Gasteiger partial charge in [0.1, 0.15) is 34.2 Å².